The van der Waals surface area contributed by atoms with E-state index in [4.69, 9.17) is 11.1 Å². The monoisotopic (exact) mass is 331 g/mol. The topological polar surface area (TPSA) is 29.1 Å². The zero-order chi connectivity index (χ0) is 16.3. The van der Waals surface area contributed by atoms with Crippen LogP contribution in [-0.2, 0) is 4.79 Å². The van der Waals surface area contributed by atoms with Crippen molar-refractivity contribution in [3.8, 4) is 0 Å². The fraction of sp³-hybridized carbons (Fsp3) is 0.278. The van der Waals surface area contributed by atoms with E-state index in [-0.39, 0.29) is 11.8 Å². The lowest BCUT2D eigenvalue weighted by Crippen LogP contribution is -2.67. The average molecular weight is 332 g/mol. The van der Waals surface area contributed by atoms with E-state index in [1.54, 1.807) is 0 Å². The Hall–Kier alpha value is -1.58. The Morgan fingerprint density at radius 3 is 1.59 bits per heavy atom. The third-order valence-electron chi connectivity index (χ3n) is 3.72. The highest BCUT2D eigenvalue weighted by atomic mass is 35.6. The van der Waals surface area contributed by atoms with Gasteiger partial charge in [-0.1, -0.05) is 73.5 Å². The van der Waals surface area contributed by atoms with E-state index < -0.39 is 7.55 Å². The quantitative estimate of drug-likeness (QED) is 0.677. The second-order valence-corrected chi connectivity index (χ2v) is 10.5. The average Bonchev–Trinajstić information content (AvgIpc) is 2.48. The van der Waals surface area contributed by atoms with Crippen LogP contribution in [0.5, 0.6) is 0 Å². The summed E-state index contributed by atoms with van der Waals surface area (Å²) in [5.41, 5.74) is 2.35. The van der Waals surface area contributed by atoms with Crippen LogP contribution in [0.1, 0.15) is 25.0 Å². The van der Waals surface area contributed by atoms with E-state index in [2.05, 4.69) is 4.98 Å². The summed E-state index contributed by atoms with van der Waals surface area (Å²) in [7, 11) is -2.80. The molecule has 0 heterocycles. The van der Waals surface area contributed by atoms with Crippen LogP contribution >= 0.6 is 11.1 Å². The van der Waals surface area contributed by atoms with Crippen molar-refractivity contribution in [1.82, 2.24) is 4.98 Å². The molecule has 2 aromatic carbocycles. The van der Waals surface area contributed by atoms with Crippen molar-refractivity contribution in [3.63, 3.8) is 0 Å². The van der Waals surface area contributed by atoms with Crippen molar-refractivity contribution in [1.29, 1.82) is 0 Å². The van der Waals surface area contributed by atoms with Gasteiger partial charge in [-0.3, -0.25) is 4.79 Å². The molecule has 116 valence electrons. The van der Waals surface area contributed by atoms with Gasteiger partial charge >= 0.3 is 7.55 Å². The van der Waals surface area contributed by atoms with Crippen molar-refractivity contribution in [2.45, 2.75) is 27.7 Å². The third-order valence-corrected chi connectivity index (χ3v) is 8.16. The Balaban J connectivity index is 2.50. The fourth-order valence-corrected chi connectivity index (χ4v) is 5.73. The van der Waals surface area contributed by atoms with E-state index in [1.807, 2.05) is 76.2 Å². The summed E-state index contributed by atoms with van der Waals surface area (Å²) in [6, 6.07) is 16.2. The summed E-state index contributed by atoms with van der Waals surface area (Å²) in [5.74, 6) is -0.107. The second-order valence-electron chi connectivity index (χ2n) is 6.03. The number of aryl methyl sites for hydroxylation is 2. The molecule has 2 aromatic rings. The van der Waals surface area contributed by atoms with Gasteiger partial charge in [0.1, 0.15) is 0 Å². The molecule has 0 aliphatic heterocycles. The number of carbonyl (C=O) groups excluding carboxylic acids is 1. The predicted octanol–water partition coefficient (Wildman–Crippen LogP) is 2.87. The van der Waals surface area contributed by atoms with Crippen LogP contribution in [-0.4, -0.2) is 13.5 Å². The van der Waals surface area contributed by atoms with E-state index >= 15 is 0 Å². The first kappa shape index (κ1) is 16.8. The van der Waals surface area contributed by atoms with Gasteiger partial charge in [-0.15, -0.1) is 11.1 Å². The second kappa shape index (κ2) is 6.67. The minimum atomic E-state index is -2.80. The molecule has 0 spiro atoms. The molecule has 0 unspecified atom stereocenters. The van der Waals surface area contributed by atoms with Crippen LogP contribution in [0.25, 0.3) is 0 Å². The lowest BCUT2D eigenvalue weighted by atomic mass is 10.2. The van der Waals surface area contributed by atoms with Gasteiger partial charge in [0.25, 0.3) is 0 Å². The molecule has 2 rings (SSSR count). The maximum absolute atomic E-state index is 12.3. The van der Waals surface area contributed by atoms with E-state index in [0.29, 0.717) is 0 Å². The SMILES string of the molecule is Cc1ccc([Si](Cl)(NC(=O)C(C)C)c2ccc(C)cc2)cc1. The van der Waals surface area contributed by atoms with Gasteiger partial charge in [0, 0.05) is 5.92 Å². The first-order chi connectivity index (χ1) is 10.3. The molecule has 22 heavy (non-hydrogen) atoms. The van der Waals surface area contributed by atoms with Gasteiger partial charge in [0.15, 0.2) is 0 Å². The van der Waals surface area contributed by atoms with Gasteiger partial charge in [-0.25, -0.2) is 0 Å². The van der Waals surface area contributed by atoms with Crippen LogP contribution in [0.2, 0.25) is 0 Å². The summed E-state index contributed by atoms with van der Waals surface area (Å²) in [5, 5.41) is 2.00. The third kappa shape index (κ3) is 3.60. The molecule has 0 aliphatic carbocycles. The van der Waals surface area contributed by atoms with Crippen molar-refractivity contribution < 1.29 is 4.79 Å². The summed E-state index contributed by atoms with van der Waals surface area (Å²) in [4.78, 5) is 15.4. The highest BCUT2D eigenvalue weighted by Crippen LogP contribution is 2.11. The normalized spacial score (nSPS) is 11.5. The highest BCUT2D eigenvalue weighted by Gasteiger charge is 2.38. The number of amides is 1. The van der Waals surface area contributed by atoms with Gasteiger partial charge in [-0.05, 0) is 24.2 Å². The number of benzene rings is 2. The maximum atomic E-state index is 12.3. The van der Waals surface area contributed by atoms with Crippen molar-refractivity contribution in [3.05, 3.63) is 59.7 Å². The van der Waals surface area contributed by atoms with Crippen LogP contribution in [0.4, 0.5) is 0 Å². The molecule has 0 fully saturated rings. The standard InChI is InChI=1S/C18H22ClNOSi/c1-13(2)18(21)20-22(19,16-9-5-14(3)6-10-16)17-11-7-15(4)8-12-17/h5-13H,1-4H3,(H,20,21). The molecular formula is C18H22ClNOSi. The molecule has 2 nitrogen and oxygen atoms in total. The minimum Gasteiger partial charge on any atom is -0.362 e. The summed E-state index contributed by atoms with van der Waals surface area (Å²) in [6.07, 6.45) is 0. The van der Waals surface area contributed by atoms with Crippen molar-refractivity contribution in [2.24, 2.45) is 5.92 Å². The zero-order valence-corrected chi connectivity index (χ0v) is 15.2. The van der Waals surface area contributed by atoms with Crippen molar-refractivity contribution in [2.75, 3.05) is 0 Å². The largest absolute Gasteiger partial charge is 0.362 e. The fourth-order valence-electron chi connectivity index (χ4n) is 2.19. The van der Waals surface area contributed by atoms with Crippen LogP contribution < -0.4 is 15.4 Å². The molecule has 0 aliphatic rings. The molecule has 1 amide bonds. The van der Waals surface area contributed by atoms with Gasteiger partial charge in [-0.2, -0.15) is 0 Å². The van der Waals surface area contributed by atoms with Gasteiger partial charge < -0.3 is 4.98 Å². The Labute approximate surface area is 138 Å². The van der Waals surface area contributed by atoms with E-state index in [1.165, 1.54) is 11.1 Å². The molecule has 1 N–H and O–H groups in total. The number of halogens is 1. The molecular weight excluding hydrogens is 310 g/mol. The minimum absolute atomic E-state index is 0.0113. The Bertz CT molecular complexity index is 604. The molecule has 0 saturated carbocycles. The van der Waals surface area contributed by atoms with Gasteiger partial charge in [0.2, 0.25) is 5.91 Å². The molecule has 0 saturated heterocycles. The molecule has 0 bridgehead atoms. The van der Waals surface area contributed by atoms with Crippen LogP contribution in [0, 0.1) is 19.8 Å². The first-order valence-electron chi connectivity index (χ1n) is 7.48. The Morgan fingerprint density at radius 2 is 1.27 bits per heavy atom. The molecule has 0 atom stereocenters. The summed E-state index contributed by atoms with van der Waals surface area (Å²) in [6.45, 7) is 7.84. The maximum Gasteiger partial charge on any atom is 0.319 e. The van der Waals surface area contributed by atoms with Crippen LogP contribution in [0.3, 0.4) is 0 Å². The smallest absolute Gasteiger partial charge is 0.319 e. The predicted molar refractivity (Wildman–Crippen MR) is 96.2 cm³/mol. The summed E-state index contributed by atoms with van der Waals surface area (Å²) >= 11 is 7.04. The zero-order valence-electron chi connectivity index (χ0n) is 13.5. The van der Waals surface area contributed by atoms with E-state index in [9.17, 15) is 4.79 Å². The number of carbonyl (C=O) groups is 1. The number of rotatable bonds is 4. The first-order valence-corrected chi connectivity index (χ1v) is 10.5. The number of hydrogen-bond donors (Lipinski definition) is 1. The molecule has 0 radical (unpaired) electrons. The number of nitrogens with one attached hydrogen (secondary N) is 1. The highest BCUT2D eigenvalue weighted by molar-refractivity contribution is 7.33. The number of hydrogen-bond acceptors (Lipinski definition) is 1. The summed E-state index contributed by atoms with van der Waals surface area (Å²) < 4.78 is 0. The van der Waals surface area contributed by atoms with Crippen LogP contribution in [0.15, 0.2) is 48.5 Å². The lowest BCUT2D eigenvalue weighted by Gasteiger charge is -2.27. The molecule has 4 heteroatoms. The Kier molecular flexibility index (Phi) is 5.09. The van der Waals surface area contributed by atoms with Crippen molar-refractivity contribution >= 4 is 34.9 Å². The molecule has 0 aromatic heterocycles. The van der Waals surface area contributed by atoms with E-state index in [0.717, 1.165) is 10.4 Å². The Morgan fingerprint density at radius 1 is 0.909 bits per heavy atom. The van der Waals surface area contributed by atoms with Gasteiger partial charge in [0.05, 0.1) is 0 Å². The lowest BCUT2D eigenvalue weighted by molar-refractivity contribution is -0.122.